The largest absolute Gasteiger partial charge is 0.391 e. The topological polar surface area (TPSA) is 79.5 Å². The molecule has 0 radical (unpaired) electrons. The highest BCUT2D eigenvalue weighted by atomic mass is 16.5. The van der Waals surface area contributed by atoms with Gasteiger partial charge < -0.3 is 14.5 Å². The van der Waals surface area contributed by atoms with Crippen molar-refractivity contribution in [3.8, 4) is 0 Å². The summed E-state index contributed by atoms with van der Waals surface area (Å²) in [6, 6.07) is 0. The van der Waals surface area contributed by atoms with E-state index in [1.165, 1.54) is 0 Å². The lowest BCUT2D eigenvalue weighted by molar-refractivity contribution is -0.130. The average molecular weight is 225 g/mol. The van der Waals surface area contributed by atoms with Gasteiger partial charge in [-0.05, 0) is 13.3 Å². The number of aliphatic hydroxyl groups is 1. The molecule has 6 heteroatoms. The third kappa shape index (κ3) is 2.57. The summed E-state index contributed by atoms with van der Waals surface area (Å²) in [5.41, 5.74) is 0. The van der Waals surface area contributed by atoms with Crippen LogP contribution in [0, 0.1) is 6.92 Å². The molecule has 6 nitrogen and oxygen atoms in total. The first-order valence-corrected chi connectivity index (χ1v) is 5.40. The number of likely N-dealkylation sites (tertiary alicyclic amines) is 1. The minimum atomic E-state index is -0.366. The molecule has 1 aromatic rings. The molecule has 1 amide bonds. The second kappa shape index (κ2) is 4.61. The number of aryl methyl sites for hydroxylation is 2. The lowest BCUT2D eigenvalue weighted by Gasteiger charge is -2.14. The van der Waals surface area contributed by atoms with E-state index in [2.05, 4.69) is 10.1 Å². The predicted molar refractivity (Wildman–Crippen MR) is 54.6 cm³/mol. The number of rotatable bonds is 3. The smallest absolute Gasteiger partial charge is 0.227 e. The van der Waals surface area contributed by atoms with Gasteiger partial charge in [0.2, 0.25) is 11.8 Å². The highest BCUT2D eigenvalue weighted by Crippen LogP contribution is 2.11. The Balaban J connectivity index is 1.80. The molecule has 1 saturated heterocycles. The fourth-order valence-corrected chi connectivity index (χ4v) is 1.78. The van der Waals surface area contributed by atoms with Crippen molar-refractivity contribution in [3.05, 3.63) is 11.7 Å². The molecule has 0 saturated carbocycles. The highest BCUT2D eigenvalue weighted by Gasteiger charge is 2.24. The Bertz CT molecular complexity index is 377. The Hall–Kier alpha value is -1.43. The molecule has 0 bridgehead atoms. The number of hydrogen-bond donors (Lipinski definition) is 1. The van der Waals surface area contributed by atoms with E-state index in [0.29, 0.717) is 44.1 Å². The van der Waals surface area contributed by atoms with Crippen LogP contribution in [0.25, 0.3) is 0 Å². The molecule has 1 fully saturated rings. The van der Waals surface area contributed by atoms with Gasteiger partial charge in [0.05, 0.1) is 6.10 Å². The highest BCUT2D eigenvalue weighted by molar-refractivity contribution is 5.76. The van der Waals surface area contributed by atoms with Crippen LogP contribution in [0.4, 0.5) is 0 Å². The van der Waals surface area contributed by atoms with E-state index < -0.39 is 0 Å². The number of carbonyl (C=O) groups excluding carboxylic acids is 1. The third-order valence-electron chi connectivity index (χ3n) is 2.64. The van der Waals surface area contributed by atoms with Gasteiger partial charge in [0, 0.05) is 25.9 Å². The number of hydrogen-bond acceptors (Lipinski definition) is 5. The van der Waals surface area contributed by atoms with Crippen molar-refractivity contribution in [2.24, 2.45) is 0 Å². The molecule has 0 unspecified atom stereocenters. The van der Waals surface area contributed by atoms with Gasteiger partial charge in [-0.3, -0.25) is 4.79 Å². The molecule has 1 N–H and O–H groups in total. The molecule has 2 heterocycles. The molecular formula is C10H15N3O3. The number of β-amino-alcohol motifs (C(OH)–C–C–N with tert-alkyl or cyclic N) is 1. The molecule has 88 valence electrons. The van der Waals surface area contributed by atoms with E-state index in [0.717, 1.165) is 0 Å². The zero-order chi connectivity index (χ0) is 11.5. The lowest BCUT2D eigenvalue weighted by atomic mass is 10.3. The first-order valence-electron chi connectivity index (χ1n) is 5.40. The van der Waals surface area contributed by atoms with Crippen LogP contribution in [0.1, 0.15) is 24.6 Å². The van der Waals surface area contributed by atoms with Gasteiger partial charge >= 0.3 is 0 Å². The molecule has 0 aliphatic carbocycles. The van der Waals surface area contributed by atoms with E-state index in [4.69, 9.17) is 4.52 Å². The van der Waals surface area contributed by atoms with Crippen LogP contribution in [-0.2, 0) is 11.2 Å². The first-order chi connectivity index (χ1) is 7.65. The minimum absolute atomic E-state index is 0.0346. The lowest BCUT2D eigenvalue weighted by Crippen LogP contribution is -2.29. The summed E-state index contributed by atoms with van der Waals surface area (Å²) >= 11 is 0. The van der Waals surface area contributed by atoms with Gasteiger partial charge in [-0.2, -0.15) is 4.98 Å². The predicted octanol–water partition coefficient (Wildman–Crippen LogP) is -0.0962. The van der Waals surface area contributed by atoms with E-state index in [1.54, 1.807) is 11.8 Å². The fourth-order valence-electron chi connectivity index (χ4n) is 1.78. The second-order valence-corrected chi connectivity index (χ2v) is 4.02. The van der Waals surface area contributed by atoms with Gasteiger partial charge in [-0.1, -0.05) is 5.16 Å². The van der Waals surface area contributed by atoms with Gasteiger partial charge in [-0.15, -0.1) is 0 Å². The number of carbonyl (C=O) groups is 1. The Morgan fingerprint density at radius 2 is 2.50 bits per heavy atom. The van der Waals surface area contributed by atoms with Crippen LogP contribution in [0.3, 0.4) is 0 Å². The quantitative estimate of drug-likeness (QED) is 0.777. The summed E-state index contributed by atoms with van der Waals surface area (Å²) in [5, 5.41) is 13.0. The first kappa shape index (κ1) is 11.1. The van der Waals surface area contributed by atoms with E-state index in [9.17, 15) is 9.90 Å². The number of aliphatic hydroxyl groups excluding tert-OH is 1. The normalized spacial score (nSPS) is 20.4. The van der Waals surface area contributed by atoms with Crippen molar-refractivity contribution < 1.29 is 14.4 Å². The Labute approximate surface area is 93.2 Å². The summed E-state index contributed by atoms with van der Waals surface area (Å²) in [4.78, 5) is 17.4. The number of aromatic nitrogens is 2. The third-order valence-corrected chi connectivity index (χ3v) is 2.64. The molecule has 1 aliphatic heterocycles. The number of amides is 1. The van der Waals surface area contributed by atoms with Crippen molar-refractivity contribution in [1.29, 1.82) is 0 Å². The van der Waals surface area contributed by atoms with Gasteiger partial charge in [0.1, 0.15) is 0 Å². The summed E-state index contributed by atoms with van der Waals surface area (Å²) in [6.45, 7) is 2.83. The van der Waals surface area contributed by atoms with Gasteiger partial charge in [0.15, 0.2) is 5.82 Å². The molecule has 1 aliphatic rings. The molecule has 16 heavy (non-hydrogen) atoms. The Kier molecular flexibility index (Phi) is 3.19. The summed E-state index contributed by atoms with van der Waals surface area (Å²) < 4.78 is 4.92. The van der Waals surface area contributed by atoms with Crippen LogP contribution < -0.4 is 0 Å². The molecule has 0 aromatic carbocycles. The standard InChI is InChI=1S/C10H15N3O3/c1-7-11-9(16-12-7)2-3-10(15)13-5-4-8(14)6-13/h8,14H,2-6H2,1H3/t8-/m0/s1. The fraction of sp³-hybridized carbons (Fsp3) is 0.700. The molecule has 2 rings (SSSR count). The summed E-state index contributed by atoms with van der Waals surface area (Å²) in [6.07, 6.45) is 1.13. The summed E-state index contributed by atoms with van der Waals surface area (Å²) in [5.74, 6) is 1.11. The van der Waals surface area contributed by atoms with Gasteiger partial charge in [-0.25, -0.2) is 0 Å². The monoisotopic (exact) mass is 225 g/mol. The van der Waals surface area contributed by atoms with E-state index in [1.807, 2.05) is 0 Å². The second-order valence-electron chi connectivity index (χ2n) is 4.02. The summed E-state index contributed by atoms with van der Waals surface area (Å²) in [7, 11) is 0. The maximum Gasteiger partial charge on any atom is 0.227 e. The van der Waals surface area contributed by atoms with Crippen LogP contribution in [0.2, 0.25) is 0 Å². The molecule has 1 aromatic heterocycles. The van der Waals surface area contributed by atoms with E-state index >= 15 is 0 Å². The Morgan fingerprint density at radius 3 is 3.06 bits per heavy atom. The van der Waals surface area contributed by atoms with Gasteiger partial charge in [0.25, 0.3) is 0 Å². The average Bonchev–Trinajstić information content (AvgIpc) is 2.84. The maximum atomic E-state index is 11.7. The molecule has 0 spiro atoms. The zero-order valence-electron chi connectivity index (χ0n) is 9.22. The Morgan fingerprint density at radius 1 is 1.69 bits per heavy atom. The SMILES string of the molecule is Cc1noc(CCC(=O)N2CC[C@H](O)C2)n1. The van der Waals surface area contributed by atoms with Crippen molar-refractivity contribution in [2.75, 3.05) is 13.1 Å². The van der Waals surface area contributed by atoms with Crippen molar-refractivity contribution in [2.45, 2.75) is 32.3 Å². The van der Waals surface area contributed by atoms with Crippen LogP contribution >= 0.6 is 0 Å². The van der Waals surface area contributed by atoms with E-state index in [-0.39, 0.29) is 12.0 Å². The van der Waals surface area contributed by atoms with Crippen LogP contribution in [0.15, 0.2) is 4.52 Å². The van der Waals surface area contributed by atoms with Crippen molar-refractivity contribution in [1.82, 2.24) is 15.0 Å². The van der Waals surface area contributed by atoms with Crippen LogP contribution in [-0.4, -0.2) is 45.2 Å². The maximum absolute atomic E-state index is 11.7. The zero-order valence-corrected chi connectivity index (χ0v) is 9.22. The van der Waals surface area contributed by atoms with Crippen LogP contribution in [0.5, 0.6) is 0 Å². The molecular weight excluding hydrogens is 210 g/mol. The molecule has 1 atom stereocenters. The van der Waals surface area contributed by atoms with Crippen molar-refractivity contribution in [3.63, 3.8) is 0 Å². The minimum Gasteiger partial charge on any atom is -0.391 e. The van der Waals surface area contributed by atoms with Crippen molar-refractivity contribution >= 4 is 5.91 Å². The number of nitrogens with zero attached hydrogens (tertiary/aromatic N) is 3.